The molecule has 3 aromatic rings. The van der Waals surface area contributed by atoms with Crippen LogP contribution >= 0.6 is 0 Å². The van der Waals surface area contributed by atoms with Crippen molar-refractivity contribution in [2.75, 3.05) is 11.9 Å². The molecule has 1 amide bonds. The zero-order chi connectivity index (χ0) is 20.8. The summed E-state index contributed by atoms with van der Waals surface area (Å²) < 4.78 is 6.30. The number of pyridine rings is 1. The quantitative estimate of drug-likeness (QED) is 0.646. The first kappa shape index (κ1) is 19.9. The minimum absolute atomic E-state index is 0.223. The highest BCUT2D eigenvalue weighted by Gasteiger charge is 2.16. The summed E-state index contributed by atoms with van der Waals surface area (Å²) in [5.74, 6) is -0.633. The van der Waals surface area contributed by atoms with Gasteiger partial charge in [-0.05, 0) is 38.1 Å². The molecule has 0 atom stereocenters. The number of para-hydroxylation sites is 1. The lowest BCUT2D eigenvalue weighted by Gasteiger charge is -2.14. The number of esters is 1. The maximum absolute atomic E-state index is 12.7. The van der Waals surface area contributed by atoms with Crippen molar-refractivity contribution < 1.29 is 14.3 Å². The zero-order valence-electron chi connectivity index (χ0n) is 16.1. The summed E-state index contributed by atoms with van der Waals surface area (Å²) in [7, 11) is 0. The third kappa shape index (κ3) is 4.73. The van der Waals surface area contributed by atoms with E-state index in [4.69, 9.17) is 4.74 Å². The topological polar surface area (TPSA) is 103 Å². The molecule has 0 aliphatic rings. The van der Waals surface area contributed by atoms with Gasteiger partial charge in [-0.3, -0.25) is 19.1 Å². The van der Waals surface area contributed by atoms with Crippen molar-refractivity contribution in [1.29, 1.82) is 0 Å². The second kappa shape index (κ2) is 8.92. The molecule has 0 aliphatic heterocycles. The molecule has 0 aliphatic carbocycles. The Morgan fingerprint density at radius 3 is 2.59 bits per heavy atom. The molecule has 1 aromatic carbocycles. The zero-order valence-corrected chi connectivity index (χ0v) is 16.1. The standard InChI is InChI=1S/C21H20N4O4/c1-3-29-21(28)16-6-4-5-7-17(16)24-18(26)13-25-19(27)12-14(2)23-20(25)15-8-10-22-11-9-15/h4-12H,3,13H2,1-2H3,(H,24,26). The van der Waals surface area contributed by atoms with Crippen molar-refractivity contribution in [3.8, 4) is 11.4 Å². The van der Waals surface area contributed by atoms with Gasteiger partial charge in [0.15, 0.2) is 0 Å². The van der Waals surface area contributed by atoms with Crippen LogP contribution in [0.2, 0.25) is 0 Å². The predicted molar refractivity (Wildman–Crippen MR) is 107 cm³/mol. The Morgan fingerprint density at radius 1 is 1.14 bits per heavy atom. The second-order valence-electron chi connectivity index (χ2n) is 6.20. The molecule has 8 heteroatoms. The number of benzene rings is 1. The fourth-order valence-corrected chi connectivity index (χ4v) is 2.81. The molecule has 0 fully saturated rings. The van der Waals surface area contributed by atoms with E-state index in [0.29, 0.717) is 22.8 Å². The fourth-order valence-electron chi connectivity index (χ4n) is 2.81. The normalized spacial score (nSPS) is 10.4. The molecule has 0 spiro atoms. The van der Waals surface area contributed by atoms with E-state index < -0.39 is 11.9 Å². The summed E-state index contributed by atoms with van der Waals surface area (Å²) in [5.41, 5.74) is 1.42. The van der Waals surface area contributed by atoms with Crippen LogP contribution in [0.1, 0.15) is 23.0 Å². The fraction of sp³-hybridized carbons (Fsp3) is 0.190. The summed E-state index contributed by atoms with van der Waals surface area (Å²) in [4.78, 5) is 45.7. The summed E-state index contributed by atoms with van der Waals surface area (Å²) in [6.45, 7) is 3.38. The molecule has 3 rings (SSSR count). The molecule has 29 heavy (non-hydrogen) atoms. The number of hydrogen-bond acceptors (Lipinski definition) is 6. The van der Waals surface area contributed by atoms with E-state index in [-0.39, 0.29) is 24.3 Å². The molecule has 2 heterocycles. The number of rotatable bonds is 6. The summed E-state index contributed by atoms with van der Waals surface area (Å²) in [6, 6.07) is 11.3. The van der Waals surface area contributed by atoms with Crippen LogP contribution in [0.3, 0.4) is 0 Å². The van der Waals surface area contributed by atoms with E-state index in [9.17, 15) is 14.4 Å². The lowest BCUT2D eigenvalue weighted by Crippen LogP contribution is -2.30. The first-order chi connectivity index (χ1) is 14.0. The van der Waals surface area contributed by atoms with Crippen LogP contribution in [0.5, 0.6) is 0 Å². The number of anilines is 1. The van der Waals surface area contributed by atoms with Gasteiger partial charge in [0.25, 0.3) is 5.56 Å². The number of aryl methyl sites for hydroxylation is 1. The number of aromatic nitrogens is 3. The highest BCUT2D eigenvalue weighted by atomic mass is 16.5. The van der Waals surface area contributed by atoms with Gasteiger partial charge in [-0.15, -0.1) is 0 Å². The minimum Gasteiger partial charge on any atom is -0.462 e. The summed E-state index contributed by atoms with van der Waals surface area (Å²) in [6.07, 6.45) is 3.17. The molecular weight excluding hydrogens is 372 g/mol. The van der Waals surface area contributed by atoms with Crippen LogP contribution in [0.15, 0.2) is 59.7 Å². The predicted octanol–water partition coefficient (Wildman–Crippen LogP) is 2.43. The van der Waals surface area contributed by atoms with Gasteiger partial charge in [0.1, 0.15) is 12.4 Å². The largest absolute Gasteiger partial charge is 0.462 e. The number of ether oxygens (including phenoxy) is 1. The Bertz CT molecular complexity index is 1090. The summed E-state index contributed by atoms with van der Waals surface area (Å²) in [5, 5.41) is 2.68. The molecule has 8 nitrogen and oxygen atoms in total. The summed E-state index contributed by atoms with van der Waals surface area (Å²) >= 11 is 0. The van der Waals surface area contributed by atoms with E-state index >= 15 is 0 Å². The van der Waals surface area contributed by atoms with E-state index in [1.165, 1.54) is 10.6 Å². The van der Waals surface area contributed by atoms with Gasteiger partial charge >= 0.3 is 5.97 Å². The van der Waals surface area contributed by atoms with Crippen molar-refractivity contribution >= 4 is 17.6 Å². The Kier molecular flexibility index (Phi) is 6.13. The van der Waals surface area contributed by atoms with E-state index in [1.807, 2.05) is 0 Å². The van der Waals surface area contributed by atoms with E-state index in [0.717, 1.165) is 0 Å². The van der Waals surface area contributed by atoms with E-state index in [1.54, 1.807) is 62.6 Å². The first-order valence-corrected chi connectivity index (χ1v) is 9.04. The number of amides is 1. The number of nitrogens with one attached hydrogen (secondary N) is 1. The minimum atomic E-state index is -0.532. The highest BCUT2D eigenvalue weighted by Crippen LogP contribution is 2.18. The molecule has 2 aromatic heterocycles. The molecule has 148 valence electrons. The molecule has 0 radical (unpaired) electrons. The maximum atomic E-state index is 12.7. The smallest absolute Gasteiger partial charge is 0.340 e. The number of hydrogen-bond donors (Lipinski definition) is 1. The number of nitrogens with zero attached hydrogens (tertiary/aromatic N) is 3. The van der Waals surface area contributed by atoms with Crippen molar-refractivity contribution in [1.82, 2.24) is 14.5 Å². The second-order valence-corrected chi connectivity index (χ2v) is 6.20. The van der Waals surface area contributed by atoms with Gasteiger partial charge in [-0.1, -0.05) is 12.1 Å². The SMILES string of the molecule is CCOC(=O)c1ccccc1NC(=O)Cn1c(-c2ccncc2)nc(C)cc1=O. The van der Waals surface area contributed by atoms with Crippen molar-refractivity contribution in [2.45, 2.75) is 20.4 Å². The lowest BCUT2D eigenvalue weighted by molar-refractivity contribution is -0.116. The third-order valence-electron chi connectivity index (χ3n) is 4.07. The average molecular weight is 392 g/mol. The van der Waals surface area contributed by atoms with Gasteiger partial charge in [-0.25, -0.2) is 9.78 Å². The van der Waals surface area contributed by atoms with Gasteiger partial charge in [0.2, 0.25) is 5.91 Å². The molecule has 0 bridgehead atoms. The van der Waals surface area contributed by atoms with Crippen LogP contribution in [0, 0.1) is 6.92 Å². The van der Waals surface area contributed by atoms with Crippen LogP contribution < -0.4 is 10.9 Å². The van der Waals surface area contributed by atoms with Gasteiger partial charge in [0, 0.05) is 29.7 Å². The Morgan fingerprint density at radius 2 is 1.86 bits per heavy atom. The van der Waals surface area contributed by atoms with Gasteiger partial charge in [-0.2, -0.15) is 0 Å². The van der Waals surface area contributed by atoms with Crippen molar-refractivity contribution in [3.05, 3.63) is 76.5 Å². The third-order valence-corrected chi connectivity index (χ3v) is 4.07. The monoisotopic (exact) mass is 392 g/mol. The van der Waals surface area contributed by atoms with E-state index in [2.05, 4.69) is 15.3 Å². The Labute approximate surface area is 167 Å². The molecule has 0 saturated heterocycles. The van der Waals surface area contributed by atoms with Crippen LogP contribution in [-0.4, -0.2) is 33.0 Å². The number of carbonyl (C=O) groups excluding carboxylic acids is 2. The molecule has 0 saturated carbocycles. The van der Waals surface area contributed by atoms with Crippen molar-refractivity contribution in [3.63, 3.8) is 0 Å². The highest BCUT2D eigenvalue weighted by molar-refractivity contribution is 6.01. The van der Waals surface area contributed by atoms with Crippen LogP contribution in [0.4, 0.5) is 5.69 Å². The van der Waals surface area contributed by atoms with Crippen LogP contribution in [-0.2, 0) is 16.1 Å². The number of carbonyl (C=O) groups is 2. The van der Waals surface area contributed by atoms with Crippen molar-refractivity contribution in [2.24, 2.45) is 0 Å². The maximum Gasteiger partial charge on any atom is 0.340 e. The molecule has 0 unspecified atom stereocenters. The van der Waals surface area contributed by atoms with Gasteiger partial charge in [0.05, 0.1) is 17.9 Å². The molecular formula is C21H20N4O4. The molecule has 1 N–H and O–H groups in total. The van der Waals surface area contributed by atoms with Gasteiger partial charge < -0.3 is 10.1 Å². The lowest BCUT2D eigenvalue weighted by atomic mass is 10.2. The first-order valence-electron chi connectivity index (χ1n) is 9.04. The Hall–Kier alpha value is -3.81. The Balaban J connectivity index is 1.90. The average Bonchev–Trinajstić information content (AvgIpc) is 2.71. The van der Waals surface area contributed by atoms with Crippen LogP contribution in [0.25, 0.3) is 11.4 Å².